The van der Waals surface area contributed by atoms with Crippen LogP contribution in [0, 0.1) is 5.82 Å². The lowest BCUT2D eigenvalue weighted by molar-refractivity contribution is -0.140. The van der Waals surface area contributed by atoms with Gasteiger partial charge in [-0.15, -0.1) is 15.3 Å². The second-order valence-corrected chi connectivity index (χ2v) is 6.65. The van der Waals surface area contributed by atoms with Gasteiger partial charge >= 0.3 is 6.18 Å². The number of amides is 1. The molecule has 7 nitrogen and oxygen atoms in total. The summed E-state index contributed by atoms with van der Waals surface area (Å²) in [4.78, 5) is 16.0. The van der Waals surface area contributed by atoms with E-state index in [4.69, 9.17) is 0 Å². The first-order chi connectivity index (χ1) is 13.8. The lowest BCUT2D eigenvalue weighted by Crippen LogP contribution is -2.49. The highest BCUT2D eigenvalue weighted by Gasteiger charge is 2.35. The van der Waals surface area contributed by atoms with Crippen LogP contribution >= 0.6 is 0 Å². The van der Waals surface area contributed by atoms with Crippen molar-refractivity contribution in [1.29, 1.82) is 0 Å². The first-order valence-corrected chi connectivity index (χ1v) is 8.87. The summed E-state index contributed by atoms with van der Waals surface area (Å²) in [5.41, 5.74) is -0.999. The lowest BCUT2D eigenvalue weighted by Gasteiger charge is -2.35. The third-order valence-electron chi connectivity index (χ3n) is 4.83. The molecule has 1 amide bonds. The minimum absolute atomic E-state index is 0.257. The fraction of sp³-hybridized carbons (Fsp3) is 0.333. The number of piperazine rings is 1. The Morgan fingerprint density at radius 1 is 1.07 bits per heavy atom. The van der Waals surface area contributed by atoms with Gasteiger partial charge < -0.3 is 9.80 Å². The summed E-state index contributed by atoms with van der Waals surface area (Å²) in [7, 11) is 0. The molecule has 0 N–H and O–H groups in total. The molecule has 4 rings (SSSR count). The Morgan fingerprint density at radius 2 is 1.83 bits per heavy atom. The van der Waals surface area contributed by atoms with Crippen molar-refractivity contribution in [2.45, 2.75) is 12.6 Å². The second kappa shape index (κ2) is 7.30. The fourth-order valence-electron chi connectivity index (χ4n) is 3.28. The quantitative estimate of drug-likeness (QED) is 0.622. The first kappa shape index (κ1) is 19.1. The molecule has 0 atom stereocenters. The number of hydrogen-bond acceptors (Lipinski definition) is 5. The zero-order chi connectivity index (χ0) is 20.6. The van der Waals surface area contributed by atoms with E-state index in [1.165, 1.54) is 17.3 Å². The molecule has 3 aromatic rings. The van der Waals surface area contributed by atoms with Gasteiger partial charge in [0.2, 0.25) is 5.91 Å². The number of benzene rings is 1. The number of rotatable bonds is 3. The summed E-state index contributed by atoms with van der Waals surface area (Å²) < 4.78 is 54.2. The number of hydrogen-bond donors (Lipinski definition) is 0. The van der Waals surface area contributed by atoms with Gasteiger partial charge in [-0.1, -0.05) is 12.1 Å². The Kier molecular flexibility index (Phi) is 4.81. The average Bonchev–Trinajstić information content (AvgIpc) is 3.16. The largest absolute Gasteiger partial charge is 0.419 e. The highest BCUT2D eigenvalue weighted by molar-refractivity contribution is 5.79. The molecule has 3 heterocycles. The summed E-state index contributed by atoms with van der Waals surface area (Å²) >= 11 is 0. The molecule has 2 aromatic heterocycles. The molecule has 0 spiro atoms. The van der Waals surface area contributed by atoms with Crippen LogP contribution in [0.3, 0.4) is 0 Å². The molecular weight excluding hydrogens is 392 g/mol. The van der Waals surface area contributed by atoms with E-state index in [2.05, 4.69) is 15.3 Å². The number of carbonyl (C=O) groups is 1. The van der Waals surface area contributed by atoms with Crippen molar-refractivity contribution in [3.8, 4) is 0 Å². The van der Waals surface area contributed by atoms with E-state index >= 15 is 0 Å². The predicted molar refractivity (Wildman–Crippen MR) is 94.7 cm³/mol. The molecule has 0 aliphatic carbocycles. The standard InChI is InChI=1S/C18H16F4N6O/c19-17-12(2-1-3-13(17)18(20,21)22)10-16(29)27-8-6-26(7-9-27)15-5-4-14-24-23-11-28(14)25-15/h1-5,11H,6-10H2. The third kappa shape index (κ3) is 3.84. The van der Waals surface area contributed by atoms with Crippen LogP contribution in [-0.4, -0.2) is 56.8 Å². The molecule has 0 radical (unpaired) electrons. The summed E-state index contributed by atoms with van der Waals surface area (Å²) in [5, 5.41) is 12.1. The Balaban J connectivity index is 1.40. The monoisotopic (exact) mass is 408 g/mol. The van der Waals surface area contributed by atoms with Crippen LogP contribution in [0.25, 0.3) is 5.65 Å². The van der Waals surface area contributed by atoms with Gasteiger partial charge in [-0.3, -0.25) is 4.79 Å². The maximum absolute atomic E-state index is 14.2. The number of carbonyl (C=O) groups excluding carboxylic acids is 1. The second-order valence-electron chi connectivity index (χ2n) is 6.65. The van der Waals surface area contributed by atoms with E-state index < -0.39 is 29.9 Å². The molecular formula is C18H16F4N6O. The van der Waals surface area contributed by atoms with Crippen LogP contribution < -0.4 is 4.90 Å². The van der Waals surface area contributed by atoms with Gasteiger partial charge in [0.15, 0.2) is 5.65 Å². The molecule has 29 heavy (non-hydrogen) atoms. The SMILES string of the molecule is O=C(Cc1cccc(C(F)(F)F)c1F)N1CCN(c2ccc3nncn3n2)CC1. The van der Waals surface area contributed by atoms with E-state index in [0.717, 1.165) is 6.07 Å². The Morgan fingerprint density at radius 3 is 2.55 bits per heavy atom. The predicted octanol–water partition coefficient (Wildman–Crippen LogP) is 2.17. The summed E-state index contributed by atoms with van der Waals surface area (Å²) in [6.45, 7) is 1.72. The van der Waals surface area contributed by atoms with Gasteiger partial charge in [0.1, 0.15) is 18.0 Å². The van der Waals surface area contributed by atoms with Crippen LogP contribution in [-0.2, 0) is 17.4 Å². The highest BCUT2D eigenvalue weighted by Crippen LogP contribution is 2.32. The summed E-state index contributed by atoms with van der Waals surface area (Å²) in [6, 6.07) is 6.57. The smallest absolute Gasteiger partial charge is 0.352 e. The van der Waals surface area contributed by atoms with Crippen molar-refractivity contribution in [1.82, 2.24) is 24.7 Å². The normalized spacial score (nSPS) is 15.2. The molecule has 0 bridgehead atoms. The Hall–Kier alpha value is -3.24. The molecule has 1 aliphatic rings. The van der Waals surface area contributed by atoms with Crippen molar-refractivity contribution >= 4 is 17.4 Å². The van der Waals surface area contributed by atoms with E-state index in [1.807, 2.05) is 4.90 Å². The molecule has 0 saturated carbocycles. The van der Waals surface area contributed by atoms with Crippen molar-refractivity contribution in [3.63, 3.8) is 0 Å². The first-order valence-electron chi connectivity index (χ1n) is 8.87. The van der Waals surface area contributed by atoms with E-state index in [1.54, 1.807) is 16.6 Å². The van der Waals surface area contributed by atoms with Crippen molar-refractivity contribution < 1.29 is 22.4 Å². The van der Waals surface area contributed by atoms with Crippen LogP contribution in [0.5, 0.6) is 0 Å². The van der Waals surface area contributed by atoms with Gasteiger partial charge in [-0.25, -0.2) is 4.39 Å². The highest BCUT2D eigenvalue weighted by atomic mass is 19.4. The van der Waals surface area contributed by atoms with Gasteiger partial charge in [0, 0.05) is 26.2 Å². The number of anilines is 1. The summed E-state index contributed by atoms with van der Waals surface area (Å²) in [5.74, 6) is -1.10. The van der Waals surface area contributed by atoms with Crippen LogP contribution in [0.2, 0.25) is 0 Å². The molecule has 1 aromatic carbocycles. The number of fused-ring (bicyclic) bond motifs is 1. The third-order valence-corrected chi connectivity index (χ3v) is 4.83. The molecule has 0 unspecified atom stereocenters. The van der Waals surface area contributed by atoms with Gasteiger partial charge in [-0.05, 0) is 23.8 Å². The Labute approximate surface area is 162 Å². The molecule has 152 valence electrons. The molecule has 11 heteroatoms. The van der Waals surface area contributed by atoms with E-state index in [9.17, 15) is 22.4 Å². The van der Waals surface area contributed by atoms with Crippen molar-refractivity contribution in [3.05, 3.63) is 53.6 Å². The zero-order valence-electron chi connectivity index (χ0n) is 15.1. The van der Waals surface area contributed by atoms with E-state index in [0.29, 0.717) is 43.7 Å². The van der Waals surface area contributed by atoms with E-state index in [-0.39, 0.29) is 5.56 Å². The Bertz CT molecular complexity index is 1040. The number of halogens is 4. The molecule has 1 fully saturated rings. The van der Waals surface area contributed by atoms with Gasteiger partial charge in [0.05, 0.1) is 12.0 Å². The van der Waals surface area contributed by atoms with Crippen LogP contribution in [0.15, 0.2) is 36.7 Å². The average molecular weight is 408 g/mol. The maximum atomic E-state index is 14.2. The zero-order valence-corrected chi connectivity index (χ0v) is 15.1. The van der Waals surface area contributed by atoms with Crippen LogP contribution in [0.4, 0.5) is 23.4 Å². The van der Waals surface area contributed by atoms with Crippen molar-refractivity contribution in [2.75, 3.05) is 31.1 Å². The lowest BCUT2D eigenvalue weighted by atomic mass is 10.1. The molecule has 1 aliphatic heterocycles. The van der Waals surface area contributed by atoms with Gasteiger partial charge in [0.25, 0.3) is 0 Å². The minimum Gasteiger partial charge on any atom is -0.352 e. The van der Waals surface area contributed by atoms with Crippen molar-refractivity contribution in [2.24, 2.45) is 0 Å². The number of alkyl halides is 3. The number of nitrogens with zero attached hydrogens (tertiary/aromatic N) is 6. The minimum atomic E-state index is -4.80. The van der Waals surface area contributed by atoms with Crippen LogP contribution in [0.1, 0.15) is 11.1 Å². The molecule has 1 saturated heterocycles. The summed E-state index contributed by atoms with van der Waals surface area (Å²) in [6.07, 6.45) is -3.73. The number of aromatic nitrogens is 4. The fourth-order valence-corrected chi connectivity index (χ4v) is 3.28. The topological polar surface area (TPSA) is 66.6 Å². The van der Waals surface area contributed by atoms with Gasteiger partial charge in [-0.2, -0.15) is 17.7 Å². The maximum Gasteiger partial charge on any atom is 0.419 e.